The summed E-state index contributed by atoms with van der Waals surface area (Å²) in [6.07, 6.45) is 2.73. The Morgan fingerprint density at radius 3 is 2.42 bits per heavy atom. The van der Waals surface area contributed by atoms with E-state index in [1.54, 1.807) is 0 Å². The first-order valence-electron chi connectivity index (χ1n) is 8.52. The number of benzene rings is 2. The first kappa shape index (κ1) is 19.7. The van der Waals surface area contributed by atoms with E-state index in [4.69, 9.17) is 10.1 Å². The second-order valence-corrected chi connectivity index (χ2v) is 5.91. The number of unbranched alkanes of at least 4 members (excludes halogenated alkanes) is 2. The fourth-order valence-corrected chi connectivity index (χ4v) is 2.71. The SMILES string of the molecule is Cl.O=C(O)CCCCCNc1nc(-c2ccccc2)nc2ccccc12. The van der Waals surface area contributed by atoms with Crippen LogP contribution in [0.1, 0.15) is 25.7 Å². The van der Waals surface area contributed by atoms with Gasteiger partial charge in [0, 0.05) is 23.9 Å². The van der Waals surface area contributed by atoms with Gasteiger partial charge in [-0.1, -0.05) is 48.9 Å². The van der Waals surface area contributed by atoms with Gasteiger partial charge in [-0.15, -0.1) is 12.4 Å². The summed E-state index contributed by atoms with van der Waals surface area (Å²) in [4.78, 5) is 19.9. The minimum absolute atomic E-state index is 0. The maximum atomic E-state index is 10.5. The average Bonchev–Trinajstić information content (AvgIpc) is 2.64. The number of carbonyl (C=O) groups is 1. The monoisotopic (exact) mass is 371 g/mol. The summed E-state index contributed by atoms with van der Waals surface area (Å²) in [7, 11) is 0. The van der Waals surface area contributed by atoms with Crippen molar-refractivity contribution in [3.05, 3.63) is 54.6 Å². The number of carboxylic acid groups (broad SMARTS) is 1. The van der Waals surface area contributed by atoms with Crippen molar-refractivity contribution in [2.45, 2.75) is 25.7 Å². The zero-order chi connectivity index (χ0) is 17.5. The molecule has 0 saturated heterocycles. The van der Waals surface area contributed by atoms with E-state index in [0.717, 1.165) is 41.7 Å². The van der Waals surface area contributed by atoms with E-state index in [1.165, 1.54) is 0 Å². The zero-order valence-electron chi connectivity index (χ0n) is 14.4. The predicted octanol–water partition coefficient (Wildman–Crippen LogP) is 4.78. The summed E-state index contributed by atoms with van der Waals surface area (Å²) in [6.45, 7) is 0.759. The number of rotatable bonds is 8. The number of hydrogen-bond donors (Lipinski definition) is 2. The number of carboxylic acids is 1. The summed E-state index contributed by atoms with van der Waals surface area (Å²) < 4.78 is 0. The van der Waals surface area contributed by atoms with Crippen molar-refractivity contribution in [1.82, 2.24) is 9.97 Å². The van der Waals surface area contributed by atoms with Crippen LogP contribution in [0.3, 0.4) is 0 Å². The van der Waals surface area contributed by atoms with Crippen molar-refractivity contribution in [2.24, 2.45) is 0 Å². The molecule has 5 nitrogen and oxygen atoms in total. The Morgan fingerprint density at radius 1 is 0.923 bits per heavy atom. The minimum atomic E-state index is -0.734. The molecule has 0 unspecified atom stereocenters. The highest BCUT2D eigenvalue weighted by Crippen LogP contribution is 2.24. The van der Waals surface area contributed by atoms with Gasteiger partial charge in [0.25, 0.3) is 0 Å². The largest absolute Gasteiger partial charge is 0.481 e. The van der Waals surface area contributed by atoms with Crippen LogP contribution in [0.2, 0.25) is 0 Å². The molecule has 0 atom stereocenters. The predicted molar refractivity (Wildman–Crippen MR) is 107 cm³/mol. The molecule has 0 bridgehead atoms. The van der Waals surface area contributed by atoms with Crippen molar-refractivity contribution >= 4 is 35.1 Å². The van der Waals surface area contributed by atoms with Crippen LogP contribution >= 0.6 is 12.4 Å². The molecule has 0 spiro atoms. The molecule has 6 heteroatoms. The van der Waals surface area contributed by atoms with Gasteiger partial charge < -0.3 is 10.4 Å². The topological polar surface area (TPSA) is 75.1 Å². The van der Waals surface area contributed by atoms with Gasteiger partial charge in [-0.3, -0.25) is 4.79 Å². The molecular formula is C20H22ClN3O2. The lowest BCUT2D eigenvalue weighted by atomic mass is 10.1. The molecule has 2 aromatic carbocycles. The number of anilines is 1. The van der Waals surface area contributed by atoms with Gasteiger partial charge in [0.1, 0.15) is 5.82 Å². The molecule has 1 heterocycles. The molecule has 0 aliphatic rings. The number of para-hydroxylation sites is 1. The van der Waals surface area contributed by atoms with Crippen LogP contribution in [-0.2, 0) is 4.79 Å². The van der Waals surface area contributed by atoms with Crippen molar-refractivity contribution in [1.29, 1.82) is 0 Å². The summed E-state index contributed by atoms with van der Waals surface area (Å²) in [6, 6.07) is 17.9. The van der Waals surface area contributed by atoms with Crippen molar-refractivity contribution in [3.8, 4) is 11.4 Å². The number of fused-ring (bicyclic) bond motifs is 1. The Hall–Kier alpha value is -2.66. The molecule has 0 aliphatic heterocycles. The number of hydrogen-bond acceptors (Lipinski definition) is 4. The van der Waals surface area contributed by atoms with Crippen LogP contribution in [0.15, 0.2) is 54.6 Å². The fraction of sp³-hybridized carbons (Fsp3) is 0.250. The number of nitrogens with zero attached hydrogens (tertiary/aromatic N) is 2. The number of aliphatic carboxylic acids is 1. The second-order valence-electron chi connectivity index (χ2n) is 5.91. The Labute approximate surface area is 158 Å². The van der Waals surface area contributed by atoms with Gasteiger partial charge in [-0.25, -0.2) is 9.97 Å². The highest BCUT2D eigenvalue weighted by Gasteiger charge is 2.08. The third-order valence-corrected chi connectivity index (χ3v) is 4.00. The van der Waals surface area contributed by atoms with Gasteiger partial charge in [0.2, 0.25) is 0 Å². The quantitative estimate of drug-likeness (QED) is 0.557. The van der Waals surface area contributed by atoms with Crippen LogP contribution in [-0.4, -0.2) is 27.6 Å². The maximum absolute atomic E-state index is 10.5. The normalized spacial score (nSPS) is 10.3. The van der Waals surface area contributed by atoms with Crippen LogP contribution in [0.4, 0.5) is 5.82 Å². The van der Waals surface area contributed by atoms with Crippen molar-refractivity contribution in [3.63, 3.8) is 0 Å². The smallest absolute Gasteiger partial charge is 0.303 e. The first-order chi connectivity index (χ1) is 12.2. The summed E-state index contributed by atoms with van der Waals surface area (Å²) in [5, 5.41) is 13.1. The molecule has 3 rings (SSSR count). The van der Waals surface area contributed by atoms with Crippen molar-refractivity contribution < 1.29 is 9.90 Å². The van der Waals surface area contributed by atoms with Crippen LogP contribution in [0.25, 0.3) is 22.3 Å². The van der Waals surface area contributed by atoms with Gasteiger partial charge in [-0.05, 0) is 25.0 Å². The maximum Gasteiger partial charge on any atom is 0.303 e. The molecule has 0 fully saturated rings. The van der Waals surface area contributed by atoms with Crippen LogP contribution in [0.5, 0.6) is 0 Å². The van der Waals surface area contributed by atoms with Gasteiger partial charge in [0.05, 0.1) is 5.52 Å². The van der Waals surface area contributed by atoms with Crippen LogP contribution in [0, 0.1) is 0 Å². The van der Waals surface area contributed by atoms with E-state index in [0.29, 0.717) is 12.2 Å². The third kappa shape index (κ3) is 5.17. The molecule has 0 aliphatic carbocycles. The van der Waals surface area contributed by atoms with Crippen LogP contribution < -0.4 is 5.32 Å². The van der Waals surface area contributed by atoms with E-state index < -0.39 is 5.97 Å². The standard InChI is InChI=1S/C20H21N3O2.ClH/c24-18(25)13-5-2-8-14-21-20-16-11-6-7-12-17(16)22-19(23-20)15-9-3-1-4-10-15;/h1,3-4,6-7,9-12H,2,5,8,13-14H2,(H,24,25)(H,21,22,23);1H. The molecular weight excluding hydrogens is 350 g/mol. The van der Waals surface area contributed by atoms with E-state index in [1.807, 2.05) is 54.6 Å². The molecule has 0 amide bonds. The van der Waals surface area contributed by atoms with Crippen molar-refractivity contribution in [2.75, 3.05) is 11.9 Å². The van der Waals surface area contributed by atoms with Gasteiger partial charge in [0.15, 0.2) is 5.82 Å². The Morgan fingerprint density at radius 2 is 1.65 bits per heavy atom. The van der Waals surface area contributed by atoms with E-state index in [9.17, 15) is 4.79 Å². The summed E-state index contributed by atoms with van der Waals surface area (Å²) in [5.41, 5.74) is 1.89. The number of halogens is 1. The molecule has 0 radical (unpaired) electrons. The lowest BCUT2D eigenvalue weighted by Crippen LogP contribution is -2.06. The highest BCUT2D eigenvalue weighted by molar-refractivity contribution is 5.90. The highest BCUT2D eigenvalue weighted by atomic mass is 35.5. The van der Waals surface area contributed by atoms with E-state index in [2.05, 4.69) is 10.3 Å². The lowest BCUT2D eigenvalue weighted by Gasteiger charge is -2.11. The fourth-order valence-electron chi connectivity index (χ4n) is 2.71. The average molecular weight is 372 g/mol. The summed E-state index contributed by atoms with van der Waals surface area (Å²) in [5.74, 6) is 0.789. The van der Waals surface area contributed by atoms with Gasteiger partial charge >= 0.3 is 5.97 Å². The third-order valence-electron chi connectivity index (χ3n) is 4.00. The second kappa shape index (κ2) is 9.73. The molecule has 1 aromatic heterocycles. The molecule has 3 aromatic rings. The Kier molecular flexibility index (Phi) is 7.36. The summed E-state index contributed by atoms with van der Waals surface area (Å²) >= 11 is 0. The van der Waals surface area contributed by atoms with Gasteiger partial charge in [-0.2, -0.15) is 0 Å². The minimum Gasteiger partial charge on any atom is -0.481 e. The lowest BCUT2D eigenvalue weighted by molar-refractivity contribution is -0.137. The molecule has 26 heavy (non-hydrogen) atoms. The Balaban J connectivity index is 0.00000243. The number of aromatic nitrogens is 2. The van der Waals surface area contributed by atoms with E-state index in [-0.39, 0.29) is 18.8 Å². The first-order valence-corrected chi connectivity index (χ1v) is 8.52. The Bertz CT molecular complexity index is 856. The molecule has 2 N–H and O–H groups in total. The van der Waals surface area contributed by atoms with E-state index >= 15 is 0 Å². The number of nitrogens with one attached hydrogen (secondary N) is 1. The zero-order valence-corrected chi connectivity index (χ0v) is 15.2. The molecule has 0 saturated carbocycles. The molecule has 136 valence electrons.